The summed E-state index contributed by atoms with van der Waals surface area (Å²) in [7, 11) is 0. The fourth-order valence-electron chi connectivity index (χ4n) is 1.78. The van der Waals surface area contributed by atoms with Crippen molar-refractivity contribution in [2.75, 3.05) is 0 Å². The molecule has 106 valence electrons. The van der Waals surface area contributed by atoms with E-state index in [1.807, 2.05) is 36.4 Å². The number of benzene rings is 2. The summed E-state index contributed by atoms with van der Waals surface area (Å²) in [4.78, 5) is 23.8. The number of hydrogen-bond donors (Lipinski definition) is 0. The first-order valence-corrected chi connectivity index (χ1v) is 6.65. The first kappa shape index (κ1) is 14.7. The molecule has 2 rings (SSSR count). The molecule has 0 aromatic heterocycles. The van der Waals surface area contributed by atoms with Crippen LogP contribution in [0, 0.1) is 0 Å². The molecule has 0 aliphatic heterocycles. The molecule has 0 saturated heterocycles. The van der Waals surface area contributed by atoms with Crippen molar-refractivity contribution in [3.8, 4) is 0 Å². The summed E-state index contributed by atoms with van der Waals surface area (Å²) in [5.41, 5.74) is 1.75. The molecule has 0 atom stereocenters. The molecule has 0 N–H and O–H groups in total. The van der Waals surface area contributed by atoms with Gasteiger partial charge >= 0.3 is 5.97 Å². The zero-order valence-electron chi connectivity index (χ0n) is 11.8. The van der Waals surface area contributed by atoms with Crippen LogP contribution in [0.25, 0.3) is 0 Å². The zero-order chi connectivity index (χ0) is 15.1. The molecule has 0 unspecified atom stereocenters. The Morgan fingerprint density at radius 1 is 0.952 bits per heavy atom. The van der Waals surface area contributed by atoms with Gasteiger partial charge in [-0.15, -0.1) is 0 Å². The van der Waals surface area contributed by atoms with Crippen LogP contribution in [-0.2, 0) is 16.1 Å². The minimum absolute atomic E-state index is 0.199. The first-order chi connectivity index (χ1) is 10.2. The van der Waals surface area contributed by atoms with Crippen LogP contribution in [0.2, 0.25) is 0 Å². The van der Waals surface area contributed by atoms with Crippen LogP contribution in [0.4, 0.5) is 0 Å². The highest BCUT2D eigenvalue weighted by Crippen LogP contribution is 2.07. The van der Waals surface area contributed by atoms with E-state index in [0.717, 1.165) is 5.56 Å². The number of hydrogen-bond acceptors (Lipinski definition) is 3. The second-order valence-electron chi connectivity index (χ2n) is 4.62. The van der Waals surface area contributed by atoms with E-state index in [1.165, 1.54) is 6.08 Å². The Hall–Kier alpha value is -2.68. The van der Waals surface area contributed by atoms with Gasteiger partial charge in [-0.05, 0) is 18.6 Å². The number of ether oxygens (including phenoxy) is 1. The number of ketones is 1. The molecule has 3 heteroatoms. The van der Waals surface area contributed by atoms with Crippen LogP contribution in [0.3, 0.4) is 0 Å². The lowest BCUT2D eigenvalue weighted by Gasteiger charge is -2.05. The number of rotatable bonds is 5. The molecule has 0 fully saturated rings. The normalized spacial score (nSPS) is 11.0. The van der Waals surface area contributed by atoms with Crippen molar-refractivity contribution in [1.82, 2.24) is 0 Å². The van der Waals surface area contributed by atoms with E-state index < -0.39 is 5.97 Å². The maximum Gasteiger partial charge on any atom is 0.334 e. The van der Waals surface area contributed by atoms with Gasteiger partial charge in [0, 0.05) is 11.1 Å². The third-order valence-electron chi connectivity index (χ3n) is 2.94. The largest absolute Gasteiger partial charge is 0.457 e. The van der Waals surface area contributed by atoms with Crippen molar-refractivity contribution >= 4 is 11.8 Å². The van der Waals surface area contributed by atoms with Crippen LogP contribution < -0.4 is 0 Å². The molecule has 3 nitrogen and oxygen atoms in total. The van der Waals surface area contributed by atoms with Crippen molar-refractivity contribution in [3.05, 3.63) is 83.4 Å². The monoisotopic (exact) mass is 280 g/mol. The van der Waals surface area contributed by atoms with Gasteiger partial charge in [-0.2, -0.15) is 0 Å². The van der Waals surface area contributed by atoms with E-state index in [2.05, 4.69) is 0 Å². The summed E-state index contributed by atoms with van der Waals surface area (Å²) in [6.45, 7) is 1.78. The van der Waals surface area contributed by atoms with Crippen LogP contribution in [0.1, 0.15) is 22.8 Å². The minimum Gasteiger partial charge on any atom is -0.457 e. The summed E-state index contributed by atoms with van der Waals surface area (Å²) in [5, 5.41) is 0. The standard InChI is InChI=1S/C18H16O3/c1-14(12-17(19)16-10-6-3-7-11-16)18(20)21-13-15-8-4-2-5-9-15/h2-12H,13H2,1H3. The number of allylic oxidation sites excluding steroid dienone is 1. The Kier molecular flexibility index (Phi) is 5.04. The molecule has 21 heavy (non-hydrogen) atoms. The SMILES string of the molecule is CC(=CC(=O)c1ccccc1)C(=O)OCc1ccccc1. The predicted molar refractivity (Wildman–Crippen MR) is 80.8 cm³/mol. The summed E-state index contributed by atoms with van der Waals surface area (Å²) in [6, 6.07) is 18.2. The molecule has 0 bridgehead atoms. The molecule has 0 saturated carbocycles. The van der Waals surface area contributed by atoms with E-state index in [-0.39, 0.29) is 12.4 Å². The topological polar surface area (TPSA) is 43.4 Å². The summed E-state index contributed by atoms with van der Waals surface area (Å²) >= 11 is 0. The molecule has 0 radical (unpaired) electrons. The van der Waals surface area contributed by atoms with Gasteiger partial charge in [-0.3, -0.25) is 4.79 Å². The van der Waals surface area contributed by atoms with Crippen LogP contribution in [0.5, 0.6) is 0 Å². The second-order valence-corrected chi connectivity index (χ2v) is 4.62. The summed E-state index contributed by atoms with van der Waals surface area (Å²) in [6.07, 6.45) is 1.31. The Morgan fingerprint density at radius 3 is 2.14 bits per heavy atom. The highest BCUT2D eigenvalue weighted by atomic mass is 16.5. The zero-order valence-corrected chi connectivity index (χ0v) is 11.8. The Bertz CT molecular complexity index is 643. The lowest BCUT2D eigenvalue weighted by atomic mass is 10.1. The molecule has 2 aromatic rings. The van der Waals surface area contributed by atoms with Crippen molar-refractivity contribution in [2.24, 2.45) is 0 Å². The maximum absolute atomic E-state index is 11.9. The lowest BCUT2D eigenvalue weighted by Crippen LogP contribution is -2.08. The van der Waals surface area contributed by atoms with E-state index in [9.17, 15) is 9.59 Å². The molecule has 0 aliphatic carbocycles. The Labute approximate surface area is 123 Å². The number of carbonyl (C=O) groups excluding carboxylic acids is 2. The molecular formula is C18H16O3. The van der Waals surface area contributed by atoms with Gasteiger partial charge in [0.05, 0.1) is 0 Å². The van der Waals surface area contributed by atoms with Gasteiger partial charge in [0.2, 0.25) is 0 Å². The molecule has 0 spiro atoms. The molecule has 0 aliphatic rings. The van der Waals surface area contributed by atoms with Crippen LogP contribution in [-0.4, -0.2) is 11.8 Å². The van der Waals surface area contributed by atoms with Crippen molar-refractivity contribution < 1.29 is 14.3 Å². The van der Waals surface area contributed by atoms with Gasteiger partial charge in [0.1, 0.15) is 6.61 Å². The van der Waals surface area contributed by atoms with Crippen LogP contribution in [0.15, 0.2) is 72.3 Å². The Morgan fingerprint density at radius 2 is 1.52 bits per heavy atom. The van der Waals surface area contributed by atoms with E-state index in [0.29, 0.717) is 11.1 Å². The minimum atomic E-state index is -0.483. The van der Waals surface area contributed by atoms with E-state index >= 15 is 0 Å². The van der Waals surface area contributed by atoms with Gasteiger partial charge in [-0.1, -0.05) is 60.7 Å². The van der Waals surface area contributed by atoms with Crippen molar-refractivity contribution in [1.29, 1.82) is 0 Å². The molecule has 0 amide bonds. The fourth-order valence-corrected chi connectivity index (χ4v) is 1.78. The lowest BCUT2D eigenvalue weighted by molar-refractivity contribution is -0.140. The van der Waals surface area contributed by atoms with Gasteiger partial charge in [0.25, 0.3) is 0 Å². The average molecular weight is 280 g/mol. The highest BCUT2D eigenvalue weighted by molar-refractivity contribution is 6.08. The Balaban J connectivity index is 1.96. The van der Waals surface area contributed by atoms with E-state index in [4.69, 9.17) is 4.74 Å². The smallest absolute Gasteiger partial charge is 0.334 e. The fraction of sp³-hybridized carbons (Fsp3) is 0.111. The molecule has 0 heterocycles. The summed E-state index contributed by atoms with van der Waals surface area (Å²) < 4.78 is 5.17. The first-order valence-electron chi connectivity index (χ1n) is 6.65. The quantitative estimate of drug-likeness (QED) is 0.478. The molecular weight excluding hydrogens is 264 g/mol. The number of esters is 1. The summed E-state index contributed by atoms with van der Waals surface area (Å²) in [5.74, 6) is -0.687. The average Bonchev–Trinajstić information content (AvgIpc) is 2.54. The van der Waals surface area contributed by atoms with Crippen molar-refractivity contribution in [3.63, 3.8) is 0 Å². The highest BCUT2D eigenvalue weighted by Gasteiger charge is 2.09. The van der Waals surface area contributed by atoms with Crippen LogP contribution >= 0.6 is 0 Å². The van der Waals surface area contributed by atoms with Gasteiger partial charge < -0.3 is 4.74 Å². The third kappa shape index (κ3) is 4.42. The number of carbonyl (C=O) groups is 2. The maximum atomic E-state index is 11.9. The molecule has 2 aromatic carbocycles. The second kappa shape index (κ2) is 7.20. The predicted octanol–water partition coefficient (Wildman–Crippen LogP) is 3.56. The third-order valence-corrected chi connectivity index (χ3v) is 2.94. The van der Waals surface area contributed by atoms with E-state index in [1.54, 1.807) is 31.2 Å². The van der Waals surface area contributed by atoms with Crippen molar-refractivity contribution in [2.45, 2.75) is 13.5 Å². The van der Waals surface area contributed by atoms with Gasteiger partial charge in [-0.25, -0.2) is 4.79 Å². The van der Waals surface area contributed by atoms with Gasteiger partial charge in [0.15, 0.2) is 5.78 Å².